The summed E-state index contributed by atoms with van der Waals surface area (Å²) in [6.07, 6.45) is -0.362. The number of anilines is 1. The van der Waals surface area contributed by atoms with Crippen molar-refractivity contribution in [3.63, 3.8) is 0 Å². The van der Waals surface area contributed by atoms with Crippen LogP contribution in [-0.4, -0.2) is 50.8 Å². The molecule has 1 unspecified atom stereocenters. The largest absolute Gasteiger partial charge is 0.496 e. The zero-order valence-corrected chi connectivity index (χ0v) is 14.4. The number of benzene rings is 1. The second-order valence-corrected chi connectivity index (χ2v) is 5.73. The van der Waals surface area contributed by atoms with Crippen molar-refractivity contribution < 1.29 is 19.3 Å². The summed E-state index contributed by atoms with van der Waals surface area (Å²) in [4.78, 5) is 0. The highest BCUT2D eigenvalue weighted by molar-refractivity contribution is 9.10. The van der Waals surface area contributed by atoms with E-state index in [1.165, 1.54) is 0 Å². The van der Waals surface area contributed by atoms with E-state index in [1.54, 1.807) is 7.11 Å². The quantitative estimate of drug-likeness (QED) is 0.627. The Morgan fingerprint density at radius 2 is 2.05 bits per heavy atom. The summed E-state index contributed by atoms with van der Waals surface area (Å²) in [5.41, 5.74) is 0.907. The van der Waals surface area contributed by atoms with Gasteiger partial charge in [-0.1, -0.05) is 0 Å². The first-order chi connectivity index (χ1) is 10.0. The third-order valence-electron chi connectivity index (χ3n) is 2.68. The highest BCUT2D eigenvalue weighted by atomic mass is 79.9. The average Bonchev–Trinajstić information content (AvgIpc) is 2.44. The average molecular weight is 362 g/mol. The maximum Gasteiger partial charge on any atom is 0.133 e. The van der Waals surface area contributed by atoms with Crippen LogP contribution >= 0.6 is 15.9 Å². The number of hydrogen-bond acceptors (Lipinski definition) is 5. The van der Waals surface area contributed by atoms with Gasteiger partial charge in [0, 0.05) is 12.2 Å². The Kier molecular flexibility index (Phi) is 8.68. The van der Waals surface area contributed by atoms with Crippen LogP contribution in [0.3, 0.4) is 0 Å². The van der Waals surface area contributed by atoms with Crippen molar-refractivity contribution in [2.75, 3.05) is 38.8 Å². The smallest absolute Gasteiger partial charge is 0.133 e. The van der Waals surface area contributed by atoms with Gasteiger partial charge >= 0.3 is 0 Å². The molecule has 0 fully saturated rings. The predicted molar refractivity (Wildman–Crippen MR) is 87.1 cm³/mol. The van der Waals surface area contributed by atoms with Gasteiger partial charge in [-0.3, -0.25) is 0 Å². The van der Waals surface area contributed by atoms with Crippen molar-refractivity contribution in [2.45, 2.75) is 26.1 Å². The Labute approximate surface area is 134 Å². The number of aliphatic hydroxyl groups excluding tert-OH is 1. The standard InChI is InChI=1S/C15H24BrNO4/c1-11(2)21-7-6-20-10-13(18)9-17-12-4-5-15(19-3)14(16)8-12/h4-5,8,11,13,17-18H,6-7,9-10H2,1-3H3. The Balaban J connectivity index is 2.20. The number of nitrogens with one attached hydrogen (secondary N) is 1. The van der Waals surface area contributed by atoms with E-state index in [4.69, 9.17) is 14.2 Å². The van der Waals surface area contributed by atoms with Crippen LogP contribution in [-0.2, 0) is 9.47 Å². The van der Waals surface area contributed by atoms with Gasteiger partial charge in [-0.25, -0.2) is 0 Å². The molecule has 1 aromatic carbocycles. The maximum absolute atomic E-state index is 9.82. The Hall–Kier alpha value is -0.820. The molecule has 120 valence electrons. The third kappa shape index (κ3) is 7.66. The first kappa shape index (κ1) is 18.2. The summed E-state index contributed by atoms with van der Waals surface area (Å²) in [7, 11) is 1.62. The molecule has 1 aromatic rings. The van der Waals surface area contributed by atoms with E-state index < -0.39 is 6.10 Å². The van der Waals surface area contributed by atoms with Crippen LogP contribution in [0.15, 0.2) is 22.7 Å². The SMILES string of the molecule is COc1ccc(NCC(O)COCCOC(C)C)cc1Br. The second-order valence-electron chi connectivity index (χ2n) is 4.88. The number of rotatable bonds is 10. The van der Waals surface area contributed by atoms with Crippen LogP contribution < -0.4 is 10.1 Å². The first-order valence-electron chi connectivity index (χ1n) is 6.97. The van der Waals surface area contributed by atoms with E-state index in [9.17, 15) is 5.11 Å². The lowest BCUT2D eigenvalue weighted by molar-refractivity contribution is -0.00734. The van der Waals surface area contributed by atoms with Crippen molar-refractivity contribution >= 4 is 21.6 Å². The number of halogens is 1. The number of aliphatic hydroxyl groups is 1. The molecule has 0 saturated heterocycles. The Morgan fingerprint density at radius 3 is 2.67 bits per heavy atom. The molecule has 0 aliphatic heterocycles. The van der Waals surface area contributed by atoms with E-state index in [0.717, 1.165) is 15.9 Å². The molecule has 0 aliphatic rings. The fraction of sp³-hybridized carbons (Fsp3) is 0.600. The van der Waals surface area contributed by atoms with E-state index in [0.29, 0.717) is 19.8 Å². The summed E-state index contributed by atoms with van der Waals surface area (Å²) in [6, 6.07) is 5.66. The maximum atomic E-state index is 9.82. The van der Waals surface area contributed by atoms with Gasteiger partial charge in [0.15, 0.2) is 0 Å². The van der Waals surface area contributed by atoms with Gasteiger partial charge in [-0.05, 0) is 48.0 Å². The zero-order chi connectivity index (χ0) is 15.7. The third-order valence-corrected chi connectivity index (χ3v) is 3.30. The number of hydrogen-bond donors (Lipinski definition) is 2. The van der Waals surface area contributed by atoms with Crippen molar-refractivity contribution in [1.82, 2.24) is 0 Å². The van der Waals surface area contributed by atoms with Crippen LogP contribution in [0, 0.1) is 0 Å². The summed E-state index contributed by atoms with van der Waals surface area (Å²) in [5.74, 6) is 0.773. The molecule has 6 heteroatoms. The normalized spacial score (nSPS) is 12.5. The highest BCUT2D eigenvalue weighted by Crippen LogP contribution is 2.27. The lowest BCUT2D eigenvalue weighted by Gasteiger charge is -2.14. The van der Waals surface area contributed by atoms with Gasteiger partial charge in [-0.15, -0.1) is 0 Å². The topological polar surface area (TPSA) is 60.0 Å². The Morgan fingerprint density at radius 1 is 1.29 bits per heavy atom. The molecule has 5 nitrogen and oxygen atoms in total. The van der Waals surface area contributed by atoms with Crippen LogP contribution in [0.1, 0.15) is 13.8 Å². The molecule has 0 saturated carbocycles. The molecule has 0 bridgehead atoms. The summed E-state index contributed by atoms with van der Waals surface area (Å²) in [5, 5.41) is 13.0. The molecule has 0 spiro atoms. The summed E-state index contributed by atoms with van der Waals surface area (Å²) >= 11 is 3.42. The van der Waals surface area contributed by atoms with E-state index >= 15 is 0 Å². The Bertz CT molecular complexity index is 415. The van der Waals surface area contributed by atoms with Crippen LogP contribution in [0.25, 0.3) is 0 Å². The molecule has 0 aromatic heterocycles. The zero-order valence-electron chi connectivity index (χ0n) is 12.8. The molecule has 21 heavy (non-hydrogen) atoms. The monoisotopic (exact) mass is 361 g/mol. The fourth-order valence-corrected chi connectivity index (χ4v) is 2.17. The van der Waals surface area contributed by atoms with Gasteiger partial charge < -0.3 is 24.6 Å². The van der Waals surface area contributed by atoms with Crippen LogP contribution in [0.5, 0.6) is 5.75 Å². The first-order valence-corrected chi connectivity index (χ1v) is 7.77. The molecule has 0 amide bonds. The molecule has 1 atom stereocenters. The van der Waals surface area contributed by atoms with Gasteiger partial charge in [0.1, 0.15) is 5.75 Å². The molecule has 1 rings (SSSR count). The molecule has 0 radical (unpaired) electrons. The number of methoxy groups -OCH3 is 1. The van der Waals surface area contributed by atoms with Crippen molar-refractivity contribution in [1.29, 1.82) is 0 Å². The van der Waals surface area contributed by atoms with Crippen molar-refractivity contribution in [3.05, 3.63) is 22.7 Å². The van der Waals surface area contributed by atoms with Crippen molar-refractivity contribution in [2.24, 2.45) is 0 Å². The highest BCUT2D eigenvalue weighted by Gasteiger charge is 2.06. The molecule has 0 heterocycles. The molecule has 2 N–H and O–H groups in total. The minimum absolute atomic E-state index is 0.203. The van der Waals surface area contributed by atoms with E-state index in [1.807, 2.05) is 32.0 Å². The number of ether oxygens (including phenoxy) is 3. The van der Waals surface area contributed by atoms with Gasteiger partial charge in [-0.2, -0.15) is 0 Å². The molecule has 0 aliphatic carbocycles. The fourth-order valence-electron chi connectivity index (χ4n) is 1.63. The van der Waals surface area contributed by atoms with Gasteiger partial charge in [0.2, 0.25) is 0 Å². The lowest BCUT2D eigenvalue weighted by atomic mass is 10.3. The molecular weight excluding hydrogens is 338 g/mol. The summed E-state index contributed by atoms with van der Waals surface area (Å²) < 4.78 is 16.7. The summed E-state index contributed by atoms with van der Waals surface area (Å²) in [6.45, 7) is 5.69. The van der Waals surface area contributed by atoms with Crippen molar-refractivity contribution in [3.8, 4) is 5.75 Å². The van der Waals surface area contributed by atoms with E-state index in [2.05, 4.69) is 21.2 Å². The predicted octanol–water partition coefficient (Wildman–Crippen LogP) is 2.67. The van der Waals surface area contributed by atoms with Gasteiger partial charge in [0.05, 0.1) is 43.6 Å². The second kappa shape index (κ2) is 10.00. The lowest BCUT2D eigenvalue weighted by Crippen LogP contribution is -2.25. The minimum Gasteiger partial charge on any atom is -0.496 e. The van der Waals surface area contributed by atoms with Crippen LogP contribution in [0.2, 0.25) is 0 Å². The minimum atomic E-state index is -0.565. The van der Waals surface area contributed by atoms with Gasteiger partial charge in [0.25, 0.3) is 0 Å². The van der Waals surface area contributed by atoms with E-state index in [-0.39, 0.29) is 12.7 Å². The van der Waals surface area contributed by atoms with Crippen LogP contribution in [0.4, 0.5) is 5.69 Å². The molecular formula is C15H24BrNO4.